The number of anilines is 1. The fourth-order valence-corrected chi connectivity index (χ4v) is 4.88. The van der Waals surface area contributed by atoms with E-state index in [0.29, 0.717) is 0 Å². The third-order valence-corrected chi connectivity index (χ3v) is 6.80. The lowest BCUT2D eigenvalue weighted by atomic mass is 9.97. The van der Waals surface area contributed by atoms with Crippen molar-refractivity contribution >= 4 is 32.7 Å². The van der Waals surface area contributed by atoms with Crippen molar-refractivity contribution in [3.05, 3.63) is 30.0 Å². The molecular weight excluding hydrogens is 398 g/mol. The number of ether oxygens (including phenoxy) is 1. The summed E-state index contributed by atoms with van der Waals surface area (Å²) in [6.45, 7) is 6.58. The standard InChI is InChI=1S/C22H29N5O2S/c1-4-5-12-23-21(28)16-7-6-13-26(14-16)22-24-20-19(30-22)15(2)25-27(20)17-8-10-18(29-3)11-9-17/h8-11,16H,4-7,12-14H2,1-3H3,(H,23,28)/t16-/m0/s1. The Morgan fingerprint density at radius 2 is 2.13 bits per heavy atom. The van der Waals surface area contributed by atoms with Crippen LogP contribution in [0.4, 0.5) is 5.13 Å². The molecule has 0 spiro atoms. The Morgan fingerprint density at radius 3 is 2.87 bits per heavy atom. The van der Waals surface area contributed by atoms with Crippen LogP contribution in [0.3, 0.4) is 0 Å². The first kappa shape index (κ1) is 20.7. The maximum Gasteiger partial charge on any atom is 0.224 e. The Morgan fingerprint density at radius 1 is 1.33 bits per heavy atom. The number of thiazole rings is 1. The molecule has 7 nitrogen and oxygen atoms in total. The van der Waals surface area contributed by atoms with Crippen LogP contribution in [-0.2, 0) is 4.79 Å². The summed E-state index contributed by atoms with van der Waals surface area (Å²) in [7, 11) is 1.66. The lowest BCUT2D eigenvalue weighted by Gasteiger charge is -2.31. The summed E-state index contributed by atoms with van der Waals surface area (Å²) in [4.78, 5) is 19.7. The molecule has 2 aromatic heterocycles. The fourth-order valence-electron chi connectivity index (χ4n) is 3.86. The van der Waals surface area contributed by atoms with Crippen LogP contribution in [0.2, 0.25) is 0 Å². The predicted molar refractivity (Wildman–Crippen MR) is 121 cm³/mol. The van der Waals surface area contributed by atoms with Gasteiger partial charge in [0.15, 0.2) is 10.8 Å². The Hall–Kier alpha value is -2.61. The molecule has 1 atom stereocenters. The first-order valence-corrected chi connectivity index (χ1v) is 11.5. The summed E-state index contributed by atoms with van der Waals surface area (Å²) >= 11 is 1.66. The maximum atomic E-state index is 12.5. The minimum absolute atomic E-state index is 0.0294. The average molecular weight is 428 g/mol. The fraction of sp³-hybridized carbons (Fsp3) is 0.500. The SMILES string of the molecule is CCCCNC(=O)[C@H]1CCCN(c2nc3c(s2)c(C)nn3-c2ccc(OC)cc2)C1. The van der Waals surface area contributed by atoms with Gasteiger partial charge in [-0.2, -0.15) is 10.1 Å². The Labute approximate surface area is 181 Å². The second kappa shape index (κ2) is 9.04. The molecule has 0 bridgehead atoms. The van der Waals surface area contributed by atoms with Gasteiger partial charge in [0.2, 0.25) is 5.91 Å². The van der Waals surface area contributed by atoms with Gasteiger partial charge in [0.1, 0.15) is 5.75 Å². The minimum atomic E-state index is 0.0294. The number of hydrogen-bond donors (Lipinski definition) is 1. The molecule has 1 aliphatic heterocycles. The van der Waals surface area contributed by atoms with E-state index in [4.69, 9.17) is 9.72 Å². The van der Waals surface area contributed by atoms with Crippen LogP contribution in [0.15, 0.2) is 24.3 Å². The van der Waals surface area contributed by atoms with Gasteiger partial charge in [-0.1, -0.05) is 24.7 Å². The lowest BCUT2D eigenvalue weighted by Crippen LogP contribution is -2.43. The number of aryl methyl sites for hydroxylation is 1. The van der Waals surface area contributed by atoms with Crippen LogP contribution >= 0.6 is 11.3 Å². The summed E-state index contributed by atoms with van der Waals surface area (Å²) in [6, 6.07) is 7.83. The smallest absolute Gasteiger partial charge is 0.224 e. The van der Waals surface area contributed by atoms with Crippen molar-refractivity contribution < 1.29 is 9.53 Å². The second-order valence-electron chi connectivity index (χ2n) is 7.77. The molecule has 0 unspecified atom stereocenters. The third kappa shape index (κ3) is 4.14. The van der Waals surface area contributed by atoms with E-state index in [9.17, 15) is 4.79 Å². The zero-order chi connectivity index (χ0) is 21.1. The first-order chi connectivity index (χ1) is 14.6. The zero-order valence-corrected chi connectivity index (χ0v) is 18.7. The van der Waals surface area contributed by atoms with Gasteiger partial charge in [0, 0.05) is 19.6 Å². The summed E-state index contributed by atoms with van der Waals surface area (Å²) in [6.07, 6.45) is 4.07. The summed E-state index contributed by atoms with van der Waals surface area (Å²) in [5.74, 6) is 1.02. The van der Waals surface area contributed by atoms with Gasteiger partial charge < -0.3 is 15.0 Å². The van der Waals surface area contributed by atoms with E-state index in [1.807, 2.05) is 35.9 Å². The van der Waals surface area contributed by atoms with E-state index in [-0.39, 0.29) is 11.8 Å². The quantitative estimate of drug-likeness (QED) is 0.579. The second-order valence-corrected chi connectivity index (χ2v) is 8.75. The molecule has 1 N–H and O–H groups in total. The Balaban J connectivity index is 1.55. The minimum Gasteiger partial charge on any atom is -0.497 e. The number of fused-ring (bicyclic) bond motifs is 1. The molecule has 1 saturated heterocycles. The van der Waals surface area contributed by atoms with Gasteiger partial charge in [0.25, 0.3) is 0 Å². The number of methoxy groups -OCH3 is 1. The molecule has 0 radical (unpaired) electrons. The molecular formula is C22H29N5O2S. The van der Waals surface area contributed by atoms with Gasteiger partial charge in [-0.05, 0) is 50.5 Å². The van der Waals surface area contributed by atoms with Gasteiger partial charge in [-0.15, -0.1) is 0 Å². The highest BCUT2D eigenvalue weighted by molar-refractivity contribution is 7.22. The van der Waals surface area contributed by atoms with Crippen molar-refractivity contribution in [2.24, 2.45) is 5.92 Å². The predicted octanol–water partition coefficient (Wildman–Crippen LogP) is 3.93. The highest BCUT2D eigenvalue weighted by Gasteiger charge is 2.28. The van der Waals surface area contributed by atoms with Crippen molar-refractivity contribution in [3.8, 4) is 11.4 Å². The number of rotatable bonds is 7. The number of unbranched alkanes of at least 4 members (excludes halogenated alkanes) is 1. The largest absolute Gasteiger partial charge is 0.497 e. The number of aromatic nitrogens is 3. The average Bonchev–Trinajstić information content (AvgIpc) is 3.35. The van der Waals surface area contributed by atoms with Crippen LogP contribution in [0.5, 0.6) is 5.75 Å². The molecule has 8 heteroatoms. The van der Waals surface area contributed by atoms with E-state index < -0.39 is 0 Å². The number of carbonyl (C=O) groups excluding carboxylic acids is 1. The Kier molecular flexibility index (Phi) is 6.22. The van der Waals surface area contributed by atoms with E-state index in [1.165, 1.54) is 0 Å². The van der Waals surface area contributed by atoms with Crippen LogP contribution in [-0.4, -0.2) is 47.4 Å². The number of piperidine rings is 1. The molecule has 3 heterocycles. The molecule has 30 heavy (non-hydrogen) atoms. The molecule has 1 aromatic carbocycles. The molecule has 1 fully saturated rings. The molecule has 0 aliphatic carbocycles. The molecule has 1 aliphatic rings. The van der Waals surface area contributed by atoms with Crippen LogP contribution < -0.4 is 15.0 Å². The number of nitrogens with one attached hydrogen (secondary N) is 1. The lowest BCUT2D eigenvalue weighted by molar-refractivity contribution is -0.125. The Bertz CT molecular complexity index is 1010. The highest BCUT2D eigenvalue weighted by atomic mass is 32.1. The van der Waals surface area contributed by atoms with E-state index >= 15 is 0 Å². The molecule has 1 amide bonds. The first-order valence-electron chi connectivity index (χ1n) is 10.6. The third-order valence-electron chi connectivity index (χ3n) is 5.59. The van der Waals surface area contributed by atoms with Gasteiger partial charge in [-0.3, -0.25) is 4.79 Å². The number of carbonyl (C=O) groups is 1. The molecule has 160 valence electrons. The van der Waals surface area contributed by atoms with Gasteiger partial charge in [0.05, 0.1) is 29.1 Å². The van der Waals surface area contributed by atoms with E-state index in [1.54, 1.807) is 18.4 Å². The monoisotopic (exact) mass is 427 g/mol. The van der Waals surface area contributed by atoms with Crippen molar-refractivity contribution in [1.29, 1.82) is 0 Å². The van der Waals surface area contributed by atoms with Gasteiger partial charge in [-0.25, -0.2) is 4.68 Å². The number of benzene rings is 1. The van der Waals surface area contributed by atoms with E-state index in [0.717, 1.165) is 77.9 Å². The van der Waals surface area contributed by atoms with Crippen LogP contribution in [0, 0.1) is 12.8 Å². The molecule has 3 aromatic rings. The van der Waals surface area contributed by atoms with Crippen molar-refractivity contribution in [1.82, 2.24) is 20.1 Å². The summed E-state index contributed by atoms with van der Waals surface area (Å²) in [5, 5.41) is 8.75. The number of nitrogens with zero attached hydrogens (tertiary/aromatic N) is 4. The topological polar surface area (TPSA) is 72.3 Å². The normalized spacial score (nSPS) is 16.8. The van der Waals surface area contributed by atoms with Crippen LogP contribution in [0.25, 0.3) is 16.0 Å². The van der Waals surface area contributed by atoms with Crippen molar-refractivity contribution in [3.63, 3.8) is 0 Å². The van der Waals surface area contributed by atoms with Crippen molar-refractivity contribution in [2.75, 3.05) is 31.6 Å². The zero-order valence-electron chi connectivity index (χ0n) is 17.9. The van der Waals surface area contributed by atoms with Crippen molar-refractivity contribution in [2.45, 2.75) is 39.5 Å². The maximum absolute atomic E-state index is 12.5. The molecule has 4 rings (SSSR count). The van der Waals surface area contributed by atoms with Gasteiger partial charge >= 0.3 is 0 Å². The summed E-state index contributed by atoms with van der Waals surface area (Å²) < 4.78 is 8.24. The summed E-state index contributed by atoms with van der Waals surface area (Å²) in [5.41, 5.74) is 2.79. The van der Waals surface area contributed by atoms with Crippen LogP contribution in [0.1, 0.15) is 38.3 Å². The molecule has 0 saturated carbocycles. The number of hydrogen-bond acceptors (Lipinski definition) is 6. The highest BCUT2D eigenvalue weighted by Crippen LogP contribution is 2.34. The number of amides is 1. The van der Waals surface area contributed by atoms with E-state index in [2.05, 4.69) is 22.2 Å².